The van der Waals surface area contributed by atoms with E-state index in [9.17, 15) is 0 Å². The number of ether oxygens (including phenoxy) is 1. The Morgan fingerprint density at radius 3 is 3.00 bits per heavy atom. The van der Waals surface area contributed by atoms with Gasteiger partial charge in [0.25, 0.3) is 0 Å². The van der Waals surface area contributed by atoms with Crippen LogP contribution in [-0.4, -0.2) is 17.3 Å². The standard InChI is InChI=1S/C9H14N2O2/c1-6-2-9(13-11-6)5-12-8-3-7(10)4-8/h2,7-8H,3-5,10H2,1H3. The van der Waals surface area contributed by atoms with E-state index in [-0.39, 0.29) is 0 Å². The maximum Gasteiger partial charge on any atom is 0.162 e. The zero-order valence-corrected chi connectivity index (χ0v) is 7.69. The molecule has 2 N–H and O–H groups in total. The summed E-state index contributed by atoms with van der Waals surface area (Å²) in [5.41, 5.74) is 6.52. The predicted octanol–water partition coefficient (Wildman–Crippen LogP) is 0.989. The zero-order valence-electron chi connectivity index (χ0n) is 7.69. The maximum atomic E-state index is 5.63. The van der Waals surface area contributed by atoms with Crippen LogP contribution < -0.4 is 5.73 Å². The molecule has 0 atom stereocenters. The first kappa shape index (κ1) is 8.72. The molecule has 0 saturated heterocycles. The van der Waals surface area contributed by atoms with Crippen molar-refractivity contribution >= 4 is 0 Å². The number of hydrogen-bond acceptors (Lipinski definition) is 4. The molecule has 0 spiro atoms. The Morgan fingerprint density at radius 1 is 1.69 bits per heavy atom. The van der Waals surface area contributed by atoms with E-state index in [2.05, 4.69) is 5.16 Å². The Morgan fingerprint density at radius 2 is 2.46 bits per heavy atom. The van der Waals surface area contributed by atoms with Gasteiger partial charge in [-0.3, -0.25) is 0 Å². The van der Waals surface area contributed by atoms with Crippen LogP contribution >= 0.6 is 0 Å². The van der Waals surface area contributed by atoms with Gasteiger partial charge in [-0.25, -0.2) is 0 Å². The van der Waals surface area contributed by atoms with E-state index in [1.165, 1.54) is 0 Å². The van der Waals surface area contributed by atoms with E-state index in [1.54, 1.807) is 0 Å². The molecule has 0 aliphatic heterocycles. The van der Waals surface area contributed by atoms with Crippen LogP contribution in [-0.2, 0) is 11.3 Å². The van der Waals surface area contributed by atoms with Crippen molar-refractivity contribution in [3.8, 4) is 0 Å². The highest BCUT2D eigenvalue weighted by Gasteiger charge is 2.26. The van der Waals surface area contributed by atoms with Crippen molar-refractivity contribution in [2.24, 2.45) is 5.73 Å². The summed E-state index contributed by atoms with van der Waals surface area (Å²) in [6.45, 7) is 2.41. The van der Waals surface area contributed by atoms with Gasteiger partial charge in [-0.05, 0) is 19.8 Å². The molecule has 1 aliphatic carbocycles. The summed E-state index contributed by atoms with van der Waals surface area (Å²) in [5.74, 6) is 0.790. The minimum atomic E-state index is 0.320. The van der Waals surface area contributed by atoms with Gasteiger partial charge >= 0.3 is 0 Å². The monoisotopic (exact) mass is 182 g/mol. The van der Waals surface area contributed by atoms with E-state index in [1.807, 2.05) is 13.0 Å². The first-order valence-corrected chi connectivity index (χ1v) is 4.53. The first-order valence-electron chi connectivity index (χ1n) is 4.53. The number of nitrogens with two attached hydrogens (primary N) is 1. The van der Waals surface area contributed by atoms with E-state index in [0.717, 1.165) is 24.3 Å². The molecule has 1 fully saturated rings. The zero-order chi connectivity index (χ0) is 9.26. The second-order valence-corrected chi connectivity index (χ2v) is 3.60. The van der Waals surface area contributed by atoms with Crippen molar-refractivity contribution in [1.82, 2.24) is 5.16 Å². The lowest BCUT2D eigenvalue weighted by Crippen LogP contribution is -2.41. The molecule has 4 heteroatoms. The predicted molar refractivity (Wildman–Crippen MR) is 47.0 cm³/mol. The number of rotatable bonds is 3. The fourth-order valence-corrected chi connectivity index (χ4v) is 1.43. The van der Waals surface area contributed by atoms with Crippen LogP contribution in [0.4, 0.5) is 0 Å². The largest absolute Gasteiger partial charge is 0.370 e. The molecule has 0 unspecified atom stereocenters. The second-order valence-electron chi connectivity index (χ2n) is 3.60. The Balaban J connectivity index is 1.74. The maximum absolute atomic E-state index is 5.63. The summed E-state index contributed by atoms with van der Waals surface area (Å²) in [4.78, 5) is 0. The molecule has 2 rings (SSSR count). The fraction of sp³-hybridized carbons (Fsp3) is 0.667. The molecule has 1 aromatic rings. The third kappa shape index (κ3) is 2.08. The van der Waals surface area contributed by atoms with Crippen LogP contribution in [0.25, 0.3) is 0 Å². The van der Waals surface area contributed by atoms with Gasteiger partial charge in [0.15, 0.2) is 5.76 Å². The number of hydrogen-bond donors (Lipinski definition) is 1. The molecule has 1 heterocycles. The molecule has 0 bridgehead atoms. The van der Waals surface area contributed by atoms with Gasteiger partial charge in [-0.2, -0.15) is 0 Å². The quantitative estimate of drug-likeness (QED) is 0.757. The summed E-state index contributed by atoms with van der Waals surface area (Å²) in [6, 6.07) is 2.22. The van der Waals surface area contributed by atoms with Crippen LogP contribution in [0.1, 0.15) is 24.3 Å². The fourth-order valence-electron chi connectivity index (χ4n) is 1.43. The van der Waals surface area contributed by atoms with E-state index >= 15 is 0 Å². The normalized spacial score (nSPS) is 27.2. The van der Waals surface area contributed by atoms with Crippen LogP contribution in [0.15, 0.2) is 10.6 Å². The summed E-state index contributed by atoms with van der Waals surface area (Å²) < 4.78 is 10.5. The van der Waals surface area contributed by atoms with Gasteiger partial charge in [-0.1, -0.05) is 5.16 Å². The van der Waals surface area contributed by atoms with Crippen LogP contribution in [0, 0.1) is 6.92 Å². The molecule has 13 heavy (non-hydrogen) atoms. The van der Waals surface area contributed by atoms with Gasteiger partial charge in [0, 0.05) is 12.1 Å². The smallest absolute Gasteiger partial charge is 0.162 e. The average molecular weight is 182 g/mol. The van der Waals surface area contributed by atoms with Crippen LogP contribution in [0.3, 0.4) is 0 Å². The highest BCUT2D eigenvalue weighted by molar-refractivity contribution is 5.01. The Bertz CT molecular complexity index is 279. The van der Waals surface area contributed by atoms with Crippen molar-refractivity contribution in [2.45, 2.75) is 38.5 Å². The molecular formula is C9H14N2O2. The third-order valence-electron chi connectivity index (χ3n) is 2.27. The van der Waals surface area contributed by atoms with E-state index < -0.39 is 0 Å². The summed E-state index contributed by atoms with van der Waals surface area (Å²) in [5, 5.41) is 3.77. The molecule has 0 radical (unpaired) electrons. The SMILES string of the molecule is Cc1cc(COC2CC(N)C2)on1. The van der Waals surface area contributed by atoms with Crippen molar-refractivity contribution in [1.29, 1.82) is 0 Å². The van der Waals surface area contributed by atoms with Gasteiger partial charge in [0.2, 0.25) is 0 Å². The third-order valence-corrected chi connectivity index (χ3v) is 2.27. The average Bonchev–Trinajstić information content (AvgIpc) is 2.43. The number of aryl methyl sites for hydroxylation is 1. The van der Waals surface area contributed by atoms with Gasteiger partial charge in [0.05, 0.1) is 11.8 Å². The van der Waals surface area contributed by atoms with Gasteiger partial charge in [0.1, 0.15) is 6.61 Å². The second kappa shape index (κ2) is 3.47. The Kier molecular flexibility index (Phi) is 2.33. The van der Waals surface area contributed by atoms with E-state index in [4.69, 9.17) is 15.0 Å². The minimum absolute atomic E-state index is 0.320. The molecule has 1 aromatic heterocycles. The lowest BCUT2D eigenvalue weighted by molar-refractivity contribution is -0.0268. The van der Waals surface area contributed by atoms with Gasteiger partial charge in [-0.15, -0.1) is 0 Å². The Hall–Kier alpha value is -0.870. The summed E-state index contributed by atoms with van der Waals surface area (Å²) in [6.07, 6.45) is 2.25. The molecular weight excluding hydrogens is 168 g/mol. The first-order chi connectivity index (χ1) is 6.24. The summed E-state index contributed by atoms with van der Waals surface area (Å²) >= 11 is 0. The molecule has 1 saturated carbocycles. The van der Waals surface area contributed by atoms with Crippen LogP contribution in [0.5, 0.6) is 0 Å². The highest BCUT2D eigenvalue weighted by atomic mass is 16.5. The molecule has 0 amide bonds. The van der Waals surface area contributed by atoms with Crippen molar-refractivity contribution < 1.29 is 9.26 Å². The van der Waals surface area contributed by atoms with Gasteiger partial charge < -0.3 is 15.0 Å². The number of aromatic nitrogens is 1. The molecule has 0 aromatic carbocycles. The molecule has 72 valence electrons. The minimum Gasteiger partial charge on any atom is -0.370 e. The Labute approximate surface area is 77.0 Å². The lowest BCUT2D eigenvalue weighted by atomic mass is 9.90. The van der Waals surface area contributed by atoms with Crippen molar-refractivity contribution in [3.05, 3.63) is 17.5 Å². The van der Waals surface area contributed by atoms with Crippen LogP contribution in [0.2, 0.25) is 0 Å². The van der Waals surface area contributed by atoms with Crippen molar-refractivity contribution in [2.75, 3.05) is 0 Å². The summed E-state index contributed by atoms with van der Waals surface area (Å²) in [7, 11) is 0. The topological polar surface area (TPSA) is 61.3 Å². The van der Waals surface area contributed by atoms with Crippen molar-refractivity contribution in [3.63, 3.8) is 0 Å². The number of nitrogens with zero attached hydrogens (tertiary/aromatic N) is 1. The highest BCUT2D eigenvalue weighted by Crippen LogP contribution is 2.22. The molecule has 1 aliphatic rings. The van der Waals surface area contributed by atoms with E-state index in [0.29, 0.717) is 18.8 Å². The molecule has 4 nitrogen and oxygen atoms in total. The lowest BCUT2D eigenvalue weighted by Gasteiger charge is -2.31.